The lowest BCUT2D eigenvalue weighted by Crippen LogP contribution is -2.40. The smallest absolute Gasteiger partial charge is 0.0388 e. The number of likely N-dealkylation sites (tertiary alicyclic amines) is 1. The van der Waals surface area contributed by atoms with E-state index >= 15 is 0 Å². The minimum atomic E-state index is 0.575. The molecule has 1 aliphatic heterocycles. The van der Waals surface area contributed by atoms with Crippen molar-refractivity contribution < 1.29 is 0 Å². The fourth-order valence-electron chi connectivity index (χ4n) is 3.31. The van der Waals surface area contributed by atoms with Crippen LogP contribution in [0, 0.1) is 19.8 Å². The van der Waals surface area contributed by atoms with Crippen LogP contribution in [0.5, 0.6) is 0 Å². The second-order valence-corrected chi connectivity index (χ2v) is 5.75. The average Bonchev–Trinajstić information content (AvgIpc) is 2.34. The van der Waals surface area contributed by atoms with Gasteiger partial charge in [-0.2, -0.15) is 0 Å². The minimum Gasteiger partial charge on any atom is -0.319 e. The Morgan fingerprint density at radius 1 is 1.33 bits per heavy atom. The number of rotatable bonds is 3. The number of hydrogen-bond donors (Lipinski definition) is 1. The van der Waals surface area contributed by atoms with Gasteiger partial charge in [0.05, 0.1) is 0 Å². The molecule has 1 heterocycles. The van der Waals surface area contributed by atoms with E-state index in [9.17, 15) is 0 Å². The average molecular weight is 246 g/mol. The molecule has 2 unspecified atom stereocenters. The van der Waals surface area contributed by atoms with Gasteiger partial charge >= 0.3 is 0 Å². The SMILES string of the molecule is CNCC1CCCN(C)C1c1cc(C)ccc1C. The molecule has 1 N–H and O–H groups in total. The third-order valence-electron chi connectivity index (χ3n) is 4.23. The van der Waals surface area contributed by atoms with E-state index in [2.05, 4.69) is 56.4 Å². The van der Waals surface area contributed by atoms with E-state index in [1.54, 1.807) is 0 Å². The lowest BCUT2D eigenvalue weighted by atomic mass is 9.83. The van der Waals surface area contributed by atoms with Crippen molar-refractivity contribution in [2.24, 2.45) is 5.92 Å². The molecule has 0 saturated carbocycles. The van der Waals surface area contributed by atoms with Gasteiger partial charge in [0.15, 0.2) is 0 Å². The standard InChI is InChI=1S/C16H26N2/c1-12-7-8-13(2)15(10-12)16-14(11-17-3)6-5-9-18(16)4/h7-8,10,14,16-17H,5-6,9,11H2,1-4H3. The molecule has 2 atom stereocenters. The van der Waals surface area contributed by atoms with Crippen molar-refractivity contribution >= 4 is 0 Å². The van der Waals surface area contributed by atoms with Crippen molar-refractivity contribution in [3.05, 3.63) is 34.9 Å². The van der Waals surface area contributed by atoms with E-state index in [4.69, 9.17) is 0 Å². The van der Waals surface area contributed by atoms with E-state index in [1.807, 2.05) is 0 Å². The third kappa shape index (κ3) is 2.76. The first-order chi connectivity index (χ1) is 8.63. The Morgan fingerprint density at radius 2 is 2.11 bits per heavy atom. The Kier molecular flexibility index (Phi) is 4.41. The van der Waals surface area contributed by atoms with Gasteiger partial charge in [0.1, 0.15) is 0 Å². The topological polar surface area (TPSA) is 15.3 Å². The van der Waals surface area contributed by atoms with Crippen molar-refractivity contribution in [2.45, 2.75) is 32.7 Å². The molecule has 1 aliphatic rings. The molecule has 0 spiro atoms. The van der Waals surface area contributed by atoms with Crippen LogP contribution >= 0.6 is 0 Å². The lowest BCUT2D eigenvalue weighted by Gasteiger charge is -2.40. The zero-order chi connectivity index (χ0) is 13.1. The molecule has 2 nitrogen and oxygen atoms in total. The van der Waals surface area contributed by atoms with Crippen LogP contribution in [0.25, 0.3) is 0 Å². The van der Waals surface area contributed by atoms with Gasteiger partial charge in [-0.25, -0.2) is 0 Å². The first-order valence-electron chi connectivity index (χ1n) is 7.05. The van der Waals surface area contributed by atoms with Gasteiger partial charge in [-0.1, -0.05) is 23.8 Å². The van der Waals surface area contributed by atoms with Gasteiger partial charge in [-0.05, 0) is 70.9 Å². The molecule has 18 heavy (non-hydrogen) atoms. The highest BCUT2D eigenvalue weighted by Gasteiger charge is 2.30. The van der Waals surface area contributed by atoms with Crippen LogP contribution in [0.4, 0.5) is 0 Å². The maximum absolute atomic E-state index is 3.37. The normalized spacial score (nSPS) is 25.3. The summed E-state index contributed by atoms with van der Waals surface area (Å²) in [5.41, 5.74) is 4.33. The molecule has 0 bridgehead atoms. The first-order valence-corrected chi connectivity index (χ1v) is 7.05. The fourth-order valence-corrected chi connectivity index (χ4v) is 3.31. The minimum absolute atomic E-state index is 0.575. The quantitative estimate of drug-likeness (QED) is 0.882. The van der Waals surface area contributed by atoms with Crippen LogP contribution in [0.2, 0.25) is 0 Å². The number of aryl methyl sites for hydroxylation is 2. The van der Waals surface area contributed by atoms with Crippen LogP contribution in [0.15, 0.2) is 18.2 Å². The van der Waals surface area contributed by atoms with Crippen molar-refractivity contribution in [1.29, 1.82) is 0 Å². The molecule has 1 saturated heterocycles. The summed E-state index contributed by atoms with van der Waals surface area (Å²) in [5.74, 6) is 0.731. The largest absolute Gasteiger partial charge is 0.319 e. The number of benzene rings is 1. The van der Waals surface area contributed by atoms with Crippen molar-refractivity contribution in [1.82, 2.24) is 10.2 Å². The Hall–Kier alpha value is -0.860. The third-order valence-corrected chi connectivity index (χ3v) is 4.23. The highest BCUT2D eigenvalue weighted by atomic mass is 15.1. The molecule has 1 fully saturated rings. The second-order valence-electron chi connectivity index (χ2n) is 5.75. The van der Waals surface area contributed by atoms with E-state index in [-0.39, 0.29) is 0 Å². The lowest BCUT2D eigenvalue weighted by molar-refractivity contribution is 0.120. The summed E-state index contributed by atoms with van der Waals surface area (Å²) in [6.45, 7) is 6.77. The predicted octanol–water partition coefficient (Wildman–Crippen LogP) is 2.91. The van der Waals surface area contributed by atoms with Crippen LogP contribution < -0.4 is 5.32 Å². The van der Waals surface area contributed by atoms with Gasteiger partial charge in [-0.15, -0.1) is 0 Å². The fraction of sp³-hybridized carbons (Fsp3) is 0.625. The van der Waals surface area contributed by atoms with E-state index in [0.717, 1.165) is 12.5 Å². The Balaban J connectivity index is 2.33. The number of hydrogen-bond acceptors (Lipinski definition) is 2. The predicted molar refractivity (Wildman–Crippen MR) is 77.9 cm³/mol. The van der Waals surface area contributed by atoms with Gasteiger partial charge in [0.25, 0.3) is 0 Å². The zero-order valence-corrected chi connectivity index (χ0v) is 12.2. The number of piperidine rings is 1. The van der Waals surface area contributed by atoms with Crippen molar-refractivity contribution in [3.8, 4) is 0 Å². The summed E-state index contributed by atoms with van der Waals surface area (Å²) < 4.78 is 0. The molecule has 0 radical (unpaired) electrons. The molecular weight excluding hydrogens is 220 g/mol. The Labute approximate surface area is 111 Å². The summed E-state index contributed by atoms with van der Waals surface area (Å²) in [6.07, 6.45) is 2.66. The van der Waals surface area contributed by atoms with Crippen LogP contribution in [-0.2, 0) is 0 Å². The molecule has 2 heteroatoms. The molecule has 0 amide bonds. The van der Waals surface area contributed by atoms with Gasteiger partial charge in [-0.3, -0.25) is 4.90 Å². The number of nitrogens with zero attached hydrogens (tertiary/aromatic N) is 1. The molecule has 1 aromatic carbocycles. The molecule has 100 valence electrons. The van der Waals surface area contributed by atoms with Crippen LogP contribution in [0.1, 0.15) is 35.6 Å². The summed E-state index contributed by atoms with van der Waals surface area (Å²) in [7, 11) is 4.34. The molecule has 1 aromatic rings. The van der Waals surface area contributed by atoms with E-state index in [0.29, 0.717) is 6.04 Å². The van der Waals surface area contributed by atoms with Gasteiger partial charge in [0, 0.05) is 6.04 Å². The van der Waals surface area contributed by atoms with Gasteiger partial charge < -0.3 is 5.32 Å². The second kappa shape index (κ2) is 5.85. The summed E-state index contributed by atoms with van der Waals surface area (Å²) in [5, 5.41) is 3.37. The molecule has 0 aromatic heterocycles. The molecule has 0 aliphatic carbocycles. The summed E-state index contributed by atoms with van der Waals surface area (Å²) in [6, 6.07) is 7.44. The summed E-state index contributed by atoms with van der Waals surface area (Å²) >= 11 is 0. The van der Waals surface area contributed by atoms with Crippen molar-refractivity contribution in [3.63, 3.8) is 0 Å². The number of nitrogens with one attached hydrogen (secondary N) is 1. The maximum atomic E-state index is 3.37. The van der Waals surface area contributed by atoms with Crippen LogP contribution in [0.3, 0.4) is 0 Å². The molecule has 2 rings (SSSR count). The van der Waals surface area contributed by atoms with Gasteiger partial charge in [0.2, 0.25) is 0 Å². The monoisotopic (exact) mass is 246 g/mol. The highest BCUT2D eigenvalue weighted by molar-refractivity contribution is 5.33. The molecular formula is C16H26N2. The first kappa shape index (κ1) is 13.6. The maximum Gasteiger partial charge on any atom is 0.0388 e. The van der Waals surface area contributed by atoms with Crippen molar-refractivity contribution in [2.75, 3.05) is 27.2 Å². The van der Waals surface area contributed by atoms with E-state index in [1.165, 1.54) is 36.1 Å². The summed E-state index contributed by atoms with van der Waals surface area (Å²) in [4.78, 5) is 2.54. The van der Waals surface area contributed by atoms with E-state index < -0.39 is 0 Å². The Morgan fingerprint density at radius 3 is 2.83 bits per heavy atom. The van der Waals surface area contributed by atoms with Crippen LogP contribution in [-0.4, -0.2) is 32.1 Å². The highest BCUT2D eigenvalue weighted by Crippen LogP contribution is 2.36. The Bertz CT molecular complexity index is 398. The zero-order valence-electron chi connectivity index (χ0n) is 12.2.